The molecule has 1 aliphatic rings. The highest BCUT2D eigenvalue weighted by Crippen LogP contribution is 2.19. The third kappa shape index (κ3) is 6.04. The molecule has 1 fully saturated rings. The van der Waals surface area contributed by atoms with Crippen molar-refractivity contribution in [1.82, 2.24) is 4.90 Å². The van der Waals surface area contributed by atoms with Crippen LogP contribution in [0.3, 0.4) is 0 Å². The van der Waals surface area contributed by atoms with Crippen LogP contribution in [0, 0.1) is 5.92 Å². The molecule has 6 heteroatoms. The zero-order chi connectivity index (χ0) is 18.2. The van der Waals surface area contributed by atoms with Crippen LogP contribution in [0.25, 0.3) is 0 Å². The van der Waals surface area contributed by atoms with E-state index in [0.29, 0.717) is 24.8 Å². The first-order valence-electron chi connectivity index (χ1n) is 8.98. The molecule has 26 heavy (non-hydrogen) atoms. The van der Waals surface area contributed by atoms with E-state index < -0.39 is 10.1 Å². The third-order valence-corrected chi connectivity index (χ3v) is 5.58. The predicted molar refractivity (Wildman–Crippen MR) is 102 cm³/mol. The molecule has 0 aliphatic carbocycles. The molecule has 0 spiro atoms. The van der Waals surface area contributed by atoms with Crippen LogP contribution >= 0.6 is 0 Å². The number of benzene rings is 2. The molecule has 0 bridgehead atoms. The summed E-state index contributed by atoms with van der Waals surface area (Å²) >= 11 is 0. The van der Waals surface area contributed by atoms with Gasteiger partial charge in [0.05, 0.1) is 12.4 Å². The van der Waals surface area contributed by atoms with E-state index in [1.165, 1.54) is 0 Å². The molecule has 1 aliphatic heterocycles. The van der Waals surface area contributed by atoms with Gasteiger partial charge in [-0.3, -0.25) is 0 Å². The van der Waals surface area contributed by atoms with Gasteiger partial charge in [0.1, 0.15) is 11.5 Å². The fourth-order valence-corrected chi connectivity index (χ4v) is 4.10. The standard InChI is InChI=1S/C20H25NO4S/c22-26(23,25-20-11-5-2-6-12-20)15-14-21-13-7-8-18(16-21)17-24-19-9-3-1-4-10-19/h1-6,9-12,18H,7-8,13-17H2. The maximum Gasteiger partial charge on any atom is 0.310 e. The molecule has 3 rings (SSSR count). The summed E-state index contributed by atoms with van der Waals surface area (Å²) in [7, 11) is -3.58. The van der Waals surface area contributed by atoms with E-state index >= 15 is 0 Å². The molecule has 140 valence electrons. The Labute approximate surface area is 155 Å². The van der Waals surface area contributed by atoms with Crippen molar-refractivity contribution in [2.24, 2.45) is 5.92 Å². The van der Waals surface area contributed by atoms with Crippen molar-refractivity contribution < 1.29 is 17.3 Å². The van der Waals surface area contributed by atoms with Crippen LogP contribution in [0.5, 0.6) is 11.5 Å². The van der Waals surface area contributed by atoms with Crippen LogP contribution in [0.15, 0.2) is 60.7 Å². The number of hydrogen-bond acceptors (Lipinski definition) is 5. The lowest BCUT2D eigenvalue weighted by molar-refractivity contribution is 0.135. The minimum atomic E-state index is -3.58. The van der Waals surface area contributed by atoms with Crippen molar-refractivity contribution in [1.29, 1.82) is 0 Å². The Balaban J connectivity index is 1.44. The second-order valence-electron chi connectivity index (χ2n) is 6.59. The summed E-state index contributed by atoms with van der Waals surface area (Å²) < 4.78 is 35.3. The molecule has 1 heterocycles. The second-order valence-corrected chi connectivity index (χ2v) is 8.28. The highest BCUT2D eigenvalue weighted by molar-refractivity contribution is 7.87. The predicted octanol–water partition coefficient (Wildman–Crippen LogP) is 3.19. The fourth-order valence-electron chi connectivity index (χ4n) is 3.13. The Hall–Kier alpha value is -2.05. The number of likely N-dealkylation sites (tertiary alicyclic amines) is 1. The number of para-hydroxylation sites is 2. The summed E-state index contributed by atoms with van der Waals surface area (Å²) in [5.74, 6) is 1.65. The Morgan fingerprint density at radius 3 is 2.31 bits per heavy atom. The van der Waals surface area contributed by atoms with Crippen molar-refractivity contribution in [3.8, 4) is 11.5 Å². The maximum atomic E-state index is 12.2. The molecular formula is C20H25NO4S. The highest BCUT2D eigenvalue weighted by atomic mass is 32.2. The van der Waals surface area contributed by atoms with Crippen LogP contribution in [-0.2, 0) is 10.1 Å². The molecule has 1 atom stereocenters. The SMILES string of the molecule is O=S(=O)(CCN1CCCC(COc2ccccc2)C1)Oc1ccccc1. The normalized spacial score (nSPS) is 18.4. The van der Waals surface area contributed by atoms with Crippen LogP contribution in [0.4, 0.5) is 0 Å². The van der Waals surface area contributed by atoms with E-state index in [2.05, 4.69) is 4.90 Å². The third-order valence-electron chi connectivity index (χ3n) is 4.46. The van der Waals surface area contributed by atoms with Gasteiger partial charge in [0.15, 0.2) is 0 Å². The zero-order valence-corrected chi connectivity index (χ0v) is 15.6. The summed E-state index contributed by atoms with van der Waals surface area (Å²) in [6.45, 7) is 2.92. The Bertz CT molecular complexity index is 765. The molecule has 0 amide bonds. The van der Waals surface area contributed by atoms with Gasteiger partial charge in [-0.2, -0.15) is 8.42 Å². The first-order chi connectivity index (χ1) is 12.6. The summed E-state index contributed by atoms with van der Waals surface area (Å²) in [6, 6.07) is 18.4. The van der Waals surface area contributed by atoms with Crippen LogP contribution < -0.4 is 8.92 Å². The molecule has 1 unspecified atom stereocenters. The van der Waals surface area contributed by atoms with E-state index in [9.17, 15) is 8.42 Å². The molecule has 2 aromatic rings. The molecule has 1 saturated heterocycles. The molecule has 0 saturated carbocycles. The van der Waals surface area contributed by atoms with Gasteiger partial charge in [0, 0.05) is 19.0 Å². The van der Waals surface area contributed by atoms with Crippen molar-refractivity contribution in [3.05, 3.63) is 60.7 Å². The fraction of sp³-hybridized carbons (Fsp3) is 0.400. The quantitative estimate of drug-likeness (QED) is 0.663. The average molecular weight is 375 g/mol. The lowest BCUT2D eigenvalue weighted by atomic mass is 9.99. The second kappa shape index (κ2) is 9.05. The lowest BCUT2D eigenvalue weighted by Gasteiger charge is -2.32. The Kier molecular flexibility index (Phi) is 6.52. The van der Waals surface area contributed by atoms with E-state index in [1.54, 1.807) is 24.3 Å². The number of nitrogens with zero attached hydrogens (tertiary/aromatic N) is 1. The maximum absolute atomic E-state index is 12.2. The van der Waals surface area contributed by atoms with Crippen molar-refractivity contribution in [3.63, 3.8) is 0 Å². The van der Waals surface area contributed by atoms with Gasteiger partial charge < -0.3 is 13.8 Å². The Morgan fingerprint density at radius 2 is 1.62 bits per heavy atom. The summed E-state index contributed by atoms with van der Waals surface area (Å²) in [6.07, 6.45) is 2.17. The number of piperidine rings is 1. The number of hydrogen-bond donors (Lipinski definition) is 0. The number of ether oxygens (including phenoxy) is 1. The van der Waals surface area contributed by atoms with E-state index in [-0.39, 0.29) is 5.75 Å². The average Bonchev–Trinajstić information content (AvgIpc) is 2.67. The lowest BCUT2D eigenvalue weighted by Crippen LogP contribution is -2.40. The molecule has 0 radical (unpaired) electrons. The van der Waals surface area contributed by atoms with E-state index in [4.69, 9.17) is 8.92 Å². The molecule has 0 aromatic heterocycles. The molecule has 2 aromatic carbocycles. The van der Waals surface area contributed by atoms with Gasteiger partial charge in [0.2, 0.25) is 0 Å². The smallest absolute Gasteiger partial charge is 0.310 e. The van der Waals surface area contributed by atoms with Crippen molar-refractivity contribution in [2.75, 3.05) is 32.0 Å². The van der Waals surface area contributed by atoms with E-state index in [1.807, 2.05) is 36.4 Å². The van der Waals surface area contributed by atoms with Crippen molar-refractivity contribution >= 4 is 10.1 Å². The monoisotopic (exact) mass is 375 g/mol. The van der Waals surface area contributed by atoms with Crippen LogP contribution in [0.2, 0.25) is 0 Å². The van der Waals surface area contributed by atoms with Gasteiger partial charge in [-0.15, -0.1) is 0 Å². The summed E-state index contributed by atoms with van der Waals surface area (Å²) in [5.41, 5.74) is 0. The van der Waals surface area contributed by atoms with Gasteiger partial charge >= 0.3 is 10.1 Å². The first kappa shape index (κ1) is 18.7. The number of rotatable bonds is 8. The van der Waals surface area contributed by atoms with Crippen LogP contribution in [-0.4, -0.2) is 45.3 Å². The minimum Gasteiger partial charge on any atom is -0.493 e. The summed E-state index contributed by atoms with van der Waals surface area (Å²) in [4.78, 5) is 2.19. The minimum absolute atomic E-state index is 0.00580. The highest BCUT2D eigenvalue weighted by Gasteiger charge is 2.23. The summed E-state index contributed by atoms with van der Waals surface area (Å²) in [5, 5.41) is 0. The van der Waals surface area contributed by atoms with Crippen molar-refractivity contribution in [2.45, 2.75) is 12.8 Å². The molecule has 0 N–H and O–H groups in total. The Morgan fingerprint density at radius 1 is 0.962 bits per heavy atom. The largest absolute Gasteiger partial charge is 0.493 e. The molecule has 5 nitrogen and oxygen atoms in total. The van der Waals surface area contributed by atoms with E-state index in [0.717, 1.165) is 31.7 Å². The van der Waals surface area contributed by atoms with Crippen LogP contribution in [0.1, 0.15) is 12.8 Å². The molecular weight excluding hydrogens is 350 g/mol. The first-order valence-corrected chi connectivity index (χ1v) is 10.6. The van der Waals surface area contributed by atoms with Gasteiger partial charge in [-0.1, -0.05) is 36.4 Å². The van der Waals surface area contributed by atoms with Gasteiger partial charge in [-0.25, -0.2) is 0 Å². The zero-order valence-electron chi connectivity index (χ0n) is 14.8. The van der Waals surface area contributed by atoms with Gasteiger partial charge in [0.25, 0.3) is 0 Å². The van der Waals surface area contributed by atoms with Gasteiger partial charge in [-0.05, 0) is 43.7 Å². The topological polar surface area (TPSA) is 55.8 Å².